The maximum absolute atomic E-state index is 13.4. The highest BCUT2D eigenvalue weighted by Crippen LogP contribution is 2.43. The van der Waals surface area contributed by atoms with E-state index in [0.29, 0.717) is 19.0 Å². The highest BCUT2D eigenvalue weighted by atomic mass is 16.2. The second kappa shape index (κ2) is 8.81. The molecule has 1 saturated heterocycles. The quantitative estimate of drug-likeness (QED) is 0.720. The molecule has 2 aromatic carbocycles. The fourth-order valence-electron chi connectivity index (χ4n) is 4.54. The molecule has 152 valence electrons. The van der Waals surface area contributed by atoms with E-state index >= 15 is 0 Å². The molecule has 1 heterocycles. The Morgan fingerprint density at radius 1 is 0.966 bits per heavy atom. The van der Waals surface area contributed by atoms with Gasteiger partial charge in [-0.1, -0.05) is 55.5 Å². The van der Waals surface area contributed by atoms with Crippen molar-refractivity contribution in [3.05, 3.63) is 66.2 Å². The number of hydrogen-bond acceptors (Lipinski definition) is 2. The van der Waals surface area contributed by atoms with Gasteiger partial charge in [-0.05, 0) is 49.8 Å². The number of piperidine rings is 1. The molecule has 4 heteroatoms. The number of amides is 2. The van der Waals surface area contributed by atoms with Crippen LogP contribution >= 0.6 is 0 Å². The first kappa shape index (κ1) is 19.7. The summed E-state index contributed by atoms with van der Waals surface area (Å²) in [6, 6.07) is 20.2. The van der Waals surface area contributed by atoms with Crippen molar-refractivity contribution < 1.29 is 9.59 Å². The molecule has 2 aliphatic rings. The van der Waals surface area contributed by atoms with Gasteiger partial charge in [0.1, 0.15) is 0 Å². The Kier molecular flexibility index (Phi) is 5.98. The van der Waals surface area contributed by atoms with E-state index in [2.05, 4.69) is 11.8 Å². The van der Waals surface area contributed by atoms with Gasteiger partial charge in [0.15, 0.2) is 0 Å². The maximum atomic E-state index is 13.4. The van der Waals surface area contributed by atoms with Crippen molar-refractivity contribution in [2.45, 2.75) is 51.6 Å². The van der Waals surface area contributed by atoms with Crippen molar-refractivity contribution in [2.24, 2.45) is 11.8 Å². The van der Waals surface area contributed by atoms with E-state index in [1.807, 2.05) is 65.6 Å². The van der Waals surface area contributed by atoms with Crippen molar-refractivity contribution >= 4 is 17.5 Å². The Morgan fingerprint density at radius 3 is 2.34 bits per heavy atom. The van der Waals surface area contributed by atoms with Crippen LogP contribution in [0.2, 0.25) is 0 Å². The third kappa shape index (κ3) is 4.36. The van der Waals surface area contributed by atoms with Gasteiger partial charge >= 0.3 is 0 Å². The standard InChI is InChI=1S/C25H30N2O2/c1-2-20-13-9-10-16-26(20)24(28)22-17-23(22)25(29)27(21-14-7-4-8-15-21)18-19-11-5-3-6-12-19/h3-8,11-12,14-15,20,22-23H,2,9-10,13,16-18H2,1H3. The van der Waals surface area contributed by atoms with Crippen LogP contribution in [0.25, 0.3) is 0 Å². The van der Waals surface area contributed by atoms with E-state index < -0.39 is 0 Å². The van der Waals surface area contributed by atoms with E-state index in [-0.39, 0.29) is 23.7 Å². The normalized spacial score (nSPS) is 23.5. The zero-order valence-corrected chi connectivity index (χ0v) is 17.2. The highest BCUT2D eigenvalue weighted by molar-refractivity contribution is 6.01. The van der Waals surface area contributed by atoms with Crippen LogP contribution in [0.15, 0.2) is 60.7 Å². The number of benzene rings is 2. The third-order valence-corrected chi connectivity index (χ3v) is 6.32. The molecule has 0 bridgehead atoms. The van der Waals surface area contributed by atoms with Gasteiger partial charge in [-0.15, -0.1) is 0 Å². The first-order valence-corrected chi connectivity index (χ1v) is 10.9. The third-order valence-electron chi connectivity index (χ3n) is 6.32. The molecule has 1 saturated carbocycles. The van der Waals surface area contributed by atoms with Gasteiger partial charge in [0.25, 0.3) is 0 Å². The van der Waals surface area contributed by atoms with E-state index in [1.165, 1.54) is 6.42 Å². The van der Waals surface area contributed by atoms with E-state index in [9.17, 15) is 9.59 Å². The fraction of sp³-hybridized carbons (Fsp3) is 0.440. The van der Waals surface area contributed by atoms with Crippen molar-refractivity contribution in [2.75, 3.05) is 11.4 Å². The maximum Gasteiger partial charge on any atom is 0.231 e. The largest absolute Gasteiger partial charge is 0.339 e. The summed E-state index contributed by atoms with van der Waals surface area (Å²) in [5.41, 5.74) is 1.99. The van der Waals surface area contributed by atoms with Crippen LogP contribution in [-0.4, -0.2) is 29.3 Å². The Morgan fingerprint density at radius 2 is 1.66 bits per heavy atom. The number of rotatable bonds is 6. The zero-order chi connectivity index (χ0) is 20.2. The van der Waals surface area contributed by atoms with Gasteiger partial charge in [-0.25, -0.2) is 0 Å². The van der Waals surface area contributed by atoms with Crippen molar-refractivity contribution in [1.82, 2.24) is 4.90 Å². The zero-order valence-electron chi connectivity index (χ0n) is 17.2. The number of likely N-dealkylation sites (tertiary alicyclic amines) is 1. The molecule has 0 aromatic heterocycles. The predicted octanol–water partition coefficient (Wildman–Crippen LogP) is 4.65. The van der Waals surface area contributed by atoms with Gasteiger partial charge in [0.05, 0.1) is 18.4 Å². The van der Waals surface area contributed by atoms with Crippen LogP contribution in [0.1, 0.15) is 44.6 Å². The summed E-state index contributed by atoms with van der Waals surface area (Å²) in [6.07, 6.45) is 5.06. The minimum Gasteiger partial charge on any atom is -0.339 e. The van der Waals surface area contributed by atoms with Crippen molar-refractivity contribution in [3.63, 3.8) is 0 Å². The van der Waals surface area contributed by atoms with Gasteiger partial charge in [0.2, 0.25) is 11.8 Å². The molecular weight excluding hydrogens is 360 g/mol. The number of para-hydroxylation sites is 1. The lowest BCUT2D eigenvalue weighted by atomic mass is 9.99. The Hall–Kier alpha value is -2.62. The molecular formula is C25H30N2O2. The first-order valence-electron chi connectivity index (χ1n) is 10.9. The Bertz CT molecular complexity index is 836. The molecule has 2 aromatic rings. The molecule has 0 N–H and O–H groups in total. The number of carbonyl (C=O) groups is 2. The topological polar surface area (TPSA) is 40.6 Å². The summed E-state index contributed by atoms with van der Waals surface area (Å²) in [5.74, 6) is -0.0615. The first-order chi connectivity index (χ1) is 14.2. The molecule has 1 aliphatic heterocycles. The number of hydrogen-bond donors (Lipinski definition) is 0. The van der Waals surface area contributed by atoms with Crippen molar-refractivity contribution in [1.29, 1.82) is 0 Å². The van der Waals surface area contributed by atoms with Gasteiger partial charge < -0.3 is 9.80 Å². The van der Waals surface area contributed by atoms with Gasteiger partial charge in [0, 0.05) is 18.3 Å². The SMILES string of the molecule is CCC1CCCCN1C(=O)C1CC1C(=O)N(Cc1ccccc1)c1ccccc1. The van der Waals surface area contributed by atoms with Crippen LogP contribution in [0.3, 0.4) is 0 Å². The molecule has 0 spiro atoms. The summed E-state index contributed by atoms with van der Waals surface area (Å²) in [7, 11) is 0. The number of anilines is 1. The fourth-order valence-corrected chi connectivity index (χ4v) is 4.54. The summed E-state index contributed by atoms with van der Waals surface area (Å²) in [6.45, 7) is 3.53. The molecule has 4 rings (SSSR count). The summed E-state index contributed by atoms with van der Waals surface area (Å²) in [4.78, 5) is 30.4. The average molecular weight is 391 g/mol. The van der Waals surface area contributed by atoms with E-state index in [0.717, 1.165) is 37.1 Å². The minimum absolute atomic E-state index is 0.0726. The minimum atomic E-state index is -0.189. The van der Waals surface area contributed by atoms with Crippen LogP contribution in [0.4, 0.5) is 5.69 Å². The van der Waals surface area contributed by atoms with Crippen LogP contribution < -0.4 is 4.90 Å². The van der Waals surface area contributed by atoms with Gasteiger partial charge in [-0.2, -0.15) is 0 Å². The lowest BCUT2D eigenvalue weighted by molar-refractivity contribution is -0.137. The Balaban J connectivity index is 1.49. The highest BCUT2D eigenvalue weighted by Gasteiger charge is 2.51. The lowest BCUT2D eigenvalue weighted by Crippen LogP contribution is -2.45. The summed E-state index contributed by atoms with van der Waals surface area (Å²) < 4.78 is 0. The van der Waals surface area contributed by atoms with Crippen LogP contribution in [-0.2, 0) is 16.1 Å². The van der Waals surface area contributed by atoms with E-state index in [4.69, 9.17) is 0 Å². The molecule has 3 atom stereocenters. The van der Waals surface area contributed by atoms with Crippen LogP contribution in [0, 0.1) is 11.8 Å². The molecule has 2 amide bonds. The molecule has 3 unspecified atom stereocenters. The lowest BCUT2D eigenvalue weighted by Gasteiger charge is -2.35. The second-order valence-corrected chi connectivity index (χ2v) is 8.28. The molecule has 29 heavy (non-hydrogen) atoms. The van der Waals surface area contributed by atoms with E-state index in [1.54, 1.807) is 0 Å². The number of carbonyl (C=O) groups excluding carboxylic acids is 2. The average Bonchev–Trinajstić information content (AvgIpc) is 3.59. The summed E-state index contributed by atoms with van der Waals surface area (Å²) in [5, 5.41) is 0. The molecule has 2 fully saturated rings. The van der Waals surface area contributed by atoms with Crippen LogP contribution in [0.5, 0.6) is 0 Å². The second-order valence-electron chi connectivity index (χ2n) is 8.28. The predicted molar refractivity (Wildman–Crippen MR) is 115 cm³/mol. The summed E-state index contributed by atoms with van der Waals surface area (Å²) >= 11 is 0. The smallest absolute Gasteiger partial charge is 0.231 e. The molecule has 1 aliphatic carbocycles. The molecule has 4 nitrogen and oxygen atoms in total. The number of nitrogens with zero attached hydrogens (tertiary/aromatic N) is 2. The van der Waals surface area contributed by atoms with Crippen molar-refractivity contribution in [3.8, 4) is 0 Å². The Labute approximate surface area is 173 Å². The molecule has 0 radical (unpaired) electrons. The monoisotopic (exact) mass is 390 g/mol. The van der Waals surface area contributed by atoms with Gasteiger partial charge in [-0.3, -0.25) is 9.59 Å².